The second-order valence-corrected chi connectivity index (χ2v) is 5.79. The van der Waals surface area contributed by atoms with E-state index < -0.39 is 5.97 Å². The van der Waals surface area contributed by atoms with Crippen molar-refractivity contribution < 1.29 is 19.4 Å². The summed E-state index contributed by atoms with van der Waals surface area (Å²) in [5, 5.41) is 10.8. The Labute approximate surface area is 135 Å². The molecule has 1 aliphatic heterocycles. The molecule has 7 heteroatoms. The average Bonchev–Trinajstić information content (AvgIpc) is 3.14. The van der Waals surface area contributed by atoms with E-state index in [0.717, 1.165) is 33.8 Å². The standard InChI is InChI=1S/C16H12N2O4S/c19-15(20)4-2-11-8-17-16-18(11)12(9-23-16)10-1-3-13-14(7-10)22-6-5-21-13/h1-4,7-9H,5-6H2,(H,19,20)/b4-2+. The molecule has 6 nitrogen and oxygen atoms in total. The monoisotopic (exact) mass is 328 g/mol. The van der Waals surface area contributed by atoms with Crippen molar-refractivity contribution in [2.45, 2.75) is 0 Å². The van der Waals surface area contributed by atoms with Gasteiger partial charge in [0.15, 0.2) is 16.5 Å². The van der Waals surface area contributed by atoms with E-state index in [9.17, 15) is 4.79 Å². The number of carbonyl (C=O) groups is 1. The van der Waals surface area contributed by atoms with Gasteiger partial charge in [0.05, 0.1) is 17.6 Å². The maximum absolute atomic E-state index is 10.7. The first kappa shape index (κ1) is 13.8. The first-order valence-electron chi connectivity index (χ1n) is 6.98. The summed E-state index contributed by atoms with van der Waals surface area (Å²) in [5.74, 6) is 0.468. The average molecular weight is 328 g/mol. The summed E-state index contributed by atoms with van der Waals surface area (Å²) < 4.78 is 13.1. The maximum atomic E-state index is 10.7. The van der Waals surface area contributed by atoms with Gasteiger partial charge in [0.25, 0.3) is 0 Å². The fourth-order valence-electron chi connectivity index (χ4n) is 2.51. The molecule has 0 saturated carbocycles. The molecule has 0 bridgehead atoms. The van der Waals surface area contributed by atoms with E-state index in [0.29, 0.717) is 18.9 Å². The Morgan fingerprint density at radius 3 is 2.96 bits per heavy atom. The van der Waals surface area contributed by atoms with Crippen LogP contribution in [0, 0.1) is 0 Å². The number of ether oxygens (including phenoxy) is 2. The maximum Gasteiger partial charge on any atom is 0.328 e. The molecule has 0 spiro atoms. The lowest BCUT2D eigenvalue weighted by molar-refractivity contribution is -0.131. The number of imidazole rings is 1. The lowest BCUT2D eigenvalue weighted by Crippen LogP contribution is -2.15. The SMILES string of the molecule is O=C(O)/C=C/c1cnc2scc(-c3ccc4c(c3)OCCO4)n12. The molecule has 1 aromatic carbocycles. The van der Waals surface area contributed by atoms with Gasteiger partial charge in [-0.1, -0.05) is 0 Å². The minimum absolute atomic E-state index is 0.535. The topological polar surface area (TPSA) is 73.1 Å². The number of carboxylic acids is 1. The highest BCUT2D eigenvalue weighted by molar-refractivity contribution is 7.15. The number of hydrogen-bond donors (Lipinski definition) is 1. The van der Waals surface area contributed by atoms with Crippen LogP contribution in [0.25, 0.3) is 22.3 Å². The Morgan fingerprint density at radius 1 is 1.30 bits per heavy atom. The molecule has 116 valence electrons. The van der Waals surface area contributed by atoms with Gasteiger partial charge < -0.3 is 14.6 Å². The molecule has 23 heavy (non-hydrogen) atoms. The zero-order chi connectivity index (χ0) is 15.8. The van der Waals surface area contributed by atoms with Crippen LogP contribution in [-0.4, -0.2) is 33.7 Å². The van der Waals surface area contributed by atoms with Crippen LogP contribution in [0.15, 0.2) is 35.9 Å². The largest absolute Gasteiger partial charge is 0.486 e. The van der Waals surface area contributed by atoms with Crippen molar-refractivity contribution in [2.75, 3.05) is 13.2 Å². The molecule has 2 aromatic heterocycles. The highest BCUT2D eigenvalue weighted by Gasteiger charge is 2.15. The third-order valence-electron chi connectivity index (χ3n) is 3.51. The molecule has 0 radical (unpaired) electrons. The second kappa shape index (κ2) is 5.44. The van der Waals surface area contributed by atoms with Gasteiger partial charge in [-0.05, 0) is 24.3 Å². The van der Waals surface area contributed by atoms with Crippen LogP contribution in [0.4, 0.5) is 0 Å². The van der Waals surface area contributed by atoms with Gasteiger partial charge in [0.1, 0.15) is 13.2 Å². The van der Waals surface area contributed by atoms with Crippen LogP contribution >= 0.6 is 11.3 Å². The van der Waals surface area contributed by atoms with Gasteiger partial charge in [-0.3, -0.25) is 4.40 Å². The number of nitrogens with zero attached hydrogens (tertiary/aromatic N) is 2. The van der Waals surface area contributed by atoms with Crippen molar-refractivity contribution in [3.63, 3.8) is 0 Å². The van der Waals surface area contributed by atoms with E-state index in [1.165, 1.54) is 17.4 Å². The van der Waals surface area contributed by atoms with Crippen LogP contribution in [0.2, 0.25) is 0 Å². The van der Waals surface area contributed by atoms with Gasteiger partial charge in [-0.15, -0.1) is 11.3 Å². The number of carboxylic acid groups (broad SMARTS) is 1. The normalized spacial score (nSPS) is 13.7. The Balaban J connectivity index is 1.82. The number of fused-ring (bicyclic) bond motifs is 2. The number of thiazole rings is 1. The quantitative estimate of drug-likeness (QED) is 0.748. The zero-order valence-corrected chi connectivity index (χ0v) is 12.7. The molecule has 4 rings (SSSR count). The molecule has 1 N–H and O–H groups in total. The van der Waals surface area contributed by atoms with Crippen LogP contribution in [0.3, 0.4) is 0 Å². The van der Waals surface area contributed by atoms with E-state index in [4.69, 9.17) is 14.6 Å². The molecular formula is C16H12N2O4S. The zero-order valence-electron chi connectivity index (χ0n) is 11.9. The number of aromatic nitrogens is 2. The molecular weight excluding hydrogens is 316 g/mol. The summed E-state index contributed by atoms with van der Waals surface area (Å²) >= 11 is 1.50. The van der Waals surface area contributed by atoms with Crippen LogP contribution in [-0.2, 0) is 4.79 Å². The van der Waals surface area contributed by atoms with Crippen molar-refractivity contribution in [2.24, 2.45) is 0 Å². The molecule has 0 aliphatic carbocycles. The highest BCUT2D eigenvalue weighted by Crippen LogP contribution is 2.36. The highest BCUT2D eigenvalue weighted by atomic mass is 32.1. The van der Waals surface area contributed by atoms with E-state index >= 15 is 0 Å². The third-order valence-corrected chi connectivity index (χ3v) is 4.35. The summed E-state index contributed by atoms with van der Waals surface area (Å²) in [5.41, 5.74) is 2.61. The van der Waals surface area contributed by atoms with E-state index in [2.05, 4.69) is 4.98 Å². The van der Waals surface area contributed by atoms with Gasteiger partial charge >= 0.3 is 5.97 Å². The summed E-state index contributed by atoms with van der Waals surface area (Å²) in [4.78, 5) is 15.9. The summed E-state index contributed by atoms with van der Waals surface area (Å²) in [6.07, 6.45) is 4.30. The Hall–Kier alpha value is -2.80. The van der Waals surface area contributed by atoms with E-state index in [1.54, 1.807) is 6.20 Å². The van der Waals surface area contributed by atoms with E-state index in [-0.39, 0.29) is 0 Å². The number of benzene rings is 1. The van der Waals surface area contributed by atoms with Crippen molar-refractivity contribution in [3.8, 4) is 22.8 Å². The summed E-state index contributed by atoms with van der Waals surface area (Å²) in [6.45, 7) is 1.09. The summed E-state index contributed by atoms with van der Waals surface area (Å²) in [7, 11) is 0. The van der Waals surface area contributed by atoms with Gasteiger partial charge in [-0.2, -0.15) is 0 Å². The third kappa shape index (κ3) is 2.44. The Morgan fingerprint density at radius 2 is 2.13 bits per heavy atom. The van der Waals surface area contributed by atoms with Gasteiger partial charge in [0, 0.05) is 17.0 Å². The van der Waals surface area contributed by atoms with Crippen LogP contribution in [0.1, 0.15) is 5.69 Å². The molecule has 0 unspecified atom stereocenters. The smallest absolute Gasteiger partial charge is 0.328 e. The lowest BCUT2D eigenvalue weighted by Gasteiger charge is -2.18. The number of aliphatic carboxylic acids is 1. The van der Waals surface area contributed by atoms with Crippen molar-refractivity contribution in [1.29, 1.82) is 0 Å². The molecule has 0 fully saturated rings. The molecule has 0 amide bonds. The van der Waals surface area contributed by atoms with Crippen molar-refractivity contribution >= 4 is 28.3 Å². The Bertz CT molecular complexity index is 925. The van der Waals surface area contributed by atoms with Gasteiger partial charge in [0.2, 0.25) is 0 Å². The molecule has 0 saturated heterocycles. The van der Waals surface area contributed by atoms with Gasteiger partial charge in [-0.25, -0.2) is 9.78 Å². The predicted molar refractivity (Wildman–Crippen MR) is 86.2 cm³/mol. The number of hydrogen-bond acceptors (Lipinski definition) is 5. The Kier molecular flexibility index (Phi) is 3.27. The predicted octanol–water partition coefficient (Wildman–Crippen LogP) is 2.93. The summed E-state index contributed by atoms with van der Waals surface area (Å²) in [6, 6.07) is 5.78. The minimum Gasteiger partial charge on any atom is -0.486 e. The number of rotatable bonds is 3. The minimum atomic E-state index is -0.990. The van der Waals surface area contributed by atoms with E-state index in [1.807, 2.05) is 28.0 Å². The first-order chi connectivity index (χ1) is 11.2. The van der Waals surface area contributed by atoms with Crippen molar-refractivity contribution in [3.05, 3.63) is 41.5 Å². The molecule has 0 atom stereocenters. The van der Waals surface area contributed by atoms with Crippen molar-refractivity contribution in [1.82, 2.24) is 9.38 Å². The molecule has 3 aromatic rings. The first-order valence-corrected chi connectivity index (χ1v) is 7.86. The molecule has 3 heterocycles. The van der Waals surface area contributed by atoms with Crippen LogP contribution in [0.5, 0.6) is 11.5 Å². The van der Waals surface area contributed by atoms with Crippen LogP contribution < -0.4 is 9.47 Å². The molecule has 1 aliphatic rings. The lowest BCUT2D eigenvalue weighted by atomic mass is 10.1. The fourth-order valence-corrected chi connectivity index (χ4v) is 3.39. The fraction of sp³-hybridized carbons (Fsp3) is 0.125. The second-order valence-electron chi connectivity index (χ2n) is 4.95.